The zero-order valence-electron chi connectivity index (χ0n) is 8.33. The number of rotatable bonds is 4. The molecule has 2 N–H and O–H groups in total. The average Bonchev–Trinajstić information content (AvgIpc) is 2.00. The summed E-state index contributed by atoms with van der Waals surface area (Å²) in [6, 6.07) is -0.850. The van der Waals surface area contributed by atoms with Crippen molar-refractivity contribution >= 4 is 21.8 Å². The minimum atomic E-state index is -3.56. The molecule has 1 unspecified atom stereocenters. The van der Waals surface area contributed by atoms with Gasteiger partial charge in [0.05, 0.1) is 6.26 Å². The van der Waals surface area contributed by atoms with Crippen LogP contribution in [0.5, 0.6) is 0 Å². The number of sulfonamides is 1. The lowest BCUT2D eigenvalue weighted by Gasteiger charge is -2.12. The van der Waals surface area contributed by atoms with Crippen LogP contribution in [0.25, 0.3) is 0 Å². The molecule has 14 heavy (non-hydrogen) atoms. The van der Waals surface area contributed by atoms with Gasteiger partial charge in [0, 0.05) is 6.42 Å². The van der Waals surface area contributed by atoms with E-state index in [1.807, 2.05) is 0 Å². The van der Waals surface area contributed by atoms with Gasteiger partial charge in [-0.1, -0.05) is 6.92 Å². The second-order valence-corrected chi connectivity index (χ2v) is 4.63. The molecular weight excluding hydrogens is 208 g/mol. The van der Waals surface area contributed by atoms with E-state index in [4.69, 9.17) is 0 Å². The molecule has 0 saturated carbocycles. The summed E-state index contributed by atoms with van der Waals surface area (Å²) in [4.78, 5) is 22.0. The smallest absolute Gasteiger partial charge is 0.255 e. The van der Waals surface area contributed by atoms with E-state index in [9.17, 15) is 18.0 Å². The first-order chi connectivity index (χ1) is 6.26. The zero-order valence-corrected chi connectivity index (χ0v) is 9.14. The third-order valence-electron chi connectivity index (χ3n) is 1.38. The monoisotopic (exact) mass is 222 g/mol. The maximum atomic E-state index is 11.1. The molecule has 0 bridgehead atoms. The fourth-order valence-corrected chi connectivity index (χ4v) is 1.22. The third kappa shape index (κ3) is 5.52. The van der Waals surface area contributed by atoms with Gasteiger partial charge in [-0.05, 0) is 6.92 Å². The van der Waals surface area contributed by atoms with Gasteiger partial charge in [-0.3, -0.25) is 14.3 Å². The molecule has 0 radical (unpaired) electrons. The molecule has 2 amide bonds. The van der Waals surface area contributed by atoms with Crippen LogP contribution in [0.2, 0.25) is 0 Å². The van der Waals surface area contributed by atoms with Crippen LogP contribution in [0.4, 0.5) is 0 Å². The fraction of sp³-hybridized carbons (Fsp3) is 0.714. The summed E-state index contributed by atoms with van der Waals surface area (Å²) >= 11 is 0. The van der Waals surface area contributed by atoms with Gasteiger partial charge in [0.2, 0.25) is 15.9 Å². The second-order valence-electron chi connectivity index (χ2n) is 2.88. The van der Waals surface area contributed by atoms with Crippen LogP contribution in [-0.4, -0.2) is 32.5 Å². The third-order valence-corrected chi connectivity index (χ3v) is 1.95. The SMILES string of the molecule is CCC(=O)NC(C)C(=O)NS(C)(=O)=O. The van der Waals surface area contributed by atoms with Crippen LogP contribution in [0.15, 0.2) is 0 Å². The highest BCUT2D eigenvalue weighted by Gasteiger charge is 2.17. The molecule has 1 atom stereocenters. The predicted octanol–water partition coefficient (Wildman–Crippen LogP) is -1.02. The summed E-state index contributed by atoms with van der Waals surface area (Å²) in [5, 5.41) is 2.34. The van der Waals surface area contributed by atoms with Gasteiger partial charge in [0.15, 0.2) is 0 Å². The number of nitrogens with one attached hydrogen (secondary N) is 2. The highest BCUT2D eigenvalue weighted by molar-refractivity contribution is 7.89. The molecule has 0 aliphatic carbocycles. The van der Waals surface area contributed by atoms with Gasteiger partial charge in [-0.15, -0.1) is 0 Å². The van der Waals surface area contributed by atoms with Crippen molar-refractivity contribution in [2.45, 2.75) is 26.3 Å². The summed E-state index contributed by atoms with van der Waals surface area (Å²) in [7, 11) is -3.56. The maximum absolute atomic E-state index is 11.1. The Morgan fingerprint density at radius 2 is 1.86 bits per heavy atom. The Balaban J connectivity index is 4.21. The Labute approximate surface area is 83.1 Å². The average molecular weight is 222 g/mol. The van der Waals surface area contributed by atoms with E-state index in [0.29, 0.717) is 0 Å². The lowest BCUT2D eigenvalue weighted by atomic mass is 10.3. The molecule has 0 fully saturated rings. The van der Waals surface area contributed by atoms with Crippen molar-refractivity contribution in [1.29, 1.82) is 0 Å². The minimum absolute atomic E-state index is 0.247. The summed E-state index contributed by atoms with van der Waals surface area (Å²) in [6.07, 6.45) is 1.12. The molecule has 0 aromatic heterocycles. The van der Waals surface area contributed by atoms with Crippen LogP contribution in [0.1, 0.15) is 20.3 Å². The van der Waals surface area contributed by atoms with E-state index < -0.39 is 22.0 Å². The van der Waals surface area contributed by atoms with E-state index in [2.05, 4.69) is 5.32 Å². The second kappa shape index (κ2) is 4.94. The topological polar surface area (TPSA) is 92.3 Å². The van der Waals surface area contributed by atoms with Crippen LogP contribution < -0.4 is 10.0 Å². The summed E-state index contributed by atoms with van der Waals surface area (Å²) < 4.78 is 23.1. The van der Waals surface area contributed by atoms with Gasteiger partial charge in [0.1, 0.15) is 6.04 Å². The fourth-order valence-electron chi connectivity index (χ4n) is 0.680. The van der Waals surface area contributed by atoms with Gasteiger partial charge in [-0.25, -0.2) is 8.42 Å². The highest BCUT2D eigenvalue weighted by Crippen LogP contribution is 1.86. The van der Waals surface area contributed by atoms with Gasteiger partial charge < -0.3 is 5.32 Å². The van der Waals surface area contributed by atoms with Crippen LogP contribution in [-0.2, 0) is 19.6 Å². The van der Waals surface area contributed by atoms with Crippen molar-refractivity contribution in [2.24, 2.45) is 0 Å². The molecule has 0 aliphatic heterocycles. The quantitative estimate of drug-likeness (QED) is 0.636. The van der Waals surface area contributed by atoms with Crippen molar-refractivity contribution in [3.63, 3.8) is 0 Å². The van der Waals surface area contributed by atoms with Crippen molar-refractivity contribution in [1.82, 2.24) is 10.0 Å². The standard InChI is InChI=1S/C7H14N2O4S/c1-4-6(10)8-5(2)7(11)9-14(3,12)13/h5H,4H2,1-3H3,(H,8,10)(H,9,11). The Kier molecular flexibility index (Phi) is 4.55. The highest BCUT2D eigenvalue weighted by atomic mass is 32.2. The van der Waals surface area contributed by atoms with Crippen molar-refractivity contribution in [3.8, 4) is 0 Å². The Hall–Kier alpha value is -1.11. The lowest BCUT2D eigenvalue weighted by molar-refractivity contribution is -0.127. The van der Waals surface area contributed by atoms with Crippen LogP contribution in [0, 0.1) is 0 Å². The normalized spacial score (nSPS) is 13.1. The van der Waals surface area contributed by atoms with E-state index in [1.54, 1.807) is 11.6 Å². The minimum Gasteiger partial charge on any atom is -0.345 e. The number of hydrogen-bond acceptors (Lipinski definition) is 4. The molecule has 6 nitrogen and oxygen atoms in total. The summed E-state index contributed by atoms with van der Waals surface area (Å²) in [5.41, 5.74) is 0. The molecule has 0 saturated heterocycles. The maximum Gasteiger partial charge on any atom is 0.255 e. The largest absolute Gasteiger partial charge is 0.345 e. The summed E-state index contributed by atoms with van der Waals surface area (Å²) in [5.74, 6) is -1.05. The molecule has 0 aromatic carbocycles. The molecule has 0 aliphatic rings. The molecule has 0 rings (SSSR count). The van der Waals surface area contributed by atoms with Gasteiger partial charge >= 0.3 is 0 Å². The number of amides is 2. The van der Waals surface area contributed by atoms with E-state index >= 15 is 0 Å². The lowest BCUT2D eigenvalue weighted by Crippen LogP contribution is -2.46. The number of hydrogen-bond donors (Lipinski definition) is 2. The van der Waals surface area contributed by atoms with Crippen molar-refractivity contribution < 1.29 is 18.0 Å². The Morgan fingerprint density at radius 1 is 1.36 bits per heavy atom. The van der Waals surface area contributed by atoms with Crippen molar-refractivity contribution in [2.75, 3.05) is 6.26 Å². The first kappa shape index (κ1) is 12.9. The molecule has 82 valence electrons. The molecule has 7 heteroatoms. The van der Waals surface area contributed by atoms with E-state index in [-0.39, 0.29) is 12.3 Å². The predicted molar refractivity (Wildman–Crippen MR) is 50.9 cm³/mol. The van der Waals surface area contributed by atoms with E-state index in [0.717, 1.165) is 6.26 Å². The Morgan fingerprint density at radius 3 is 2.21 bits per heavy atom. The van der Waals surface area contributed by atoms with Gasteiger partial charge in [-0.2, -0.15) is 0 Å². The molecule has 0 aromatic rings. The first-order valence-corrected chi connectivity index (χ1v) is 5.96. The zero-order chi connectivity index (χ0) is 11.4. The van der Waals surface area contributed by atoms with Crippen LogP contribution >= 0.6 is 0 Å². The number of carbonyl (C=O) groups is 2. The summed E-state index contributed by atoms with van der Waals surface area (Å²) in [6.45, 7) is 3.05. The number of carbonyl (C=O) groups excluding carboxylic acids is 2. The van der Waals surface area contributed by atoms with Crippen LogP contribution in [0.3, 0.4) is 0 Å². The first-order valence-electron chi connectivity index (χ1n) is 4.07. The Bertz CT molecular complexity index is 323. The van der Waals surface area contributed by atoms with Gasteiger partial charge in [0.25, 0.3) is 5.91 Å². The molecule has 0 heterocycles. The molecular formula is C7H14N2O4S. The molecule has 0 spiro atoms. The van der Waals surface area contributed by atoms with E-state index in [1.165, 1.54) is 6.92 Å². The van der Waals surface area contributed by atoms with Crippen molar-refractivity contribution in [3.05, 3.63) is 0 Å².